The number of rotatable bonds is 3. The third kappa shape index (κ3) is 1.58. The first-order valence-electron chi connectivity index (χ1n) is 10.5. The van der Waals surface area contributed by atoms with E-state index in [9.17, 15) is 9.90 Å². The molecule has 5 bridgehead atoms. The molecule has 5 saturated heterocycles. The van der Waals surface area contributed by atoms with Crippen LogP contribution in [0.5, 0.6) is 0 Å². The number of nitrogens with zero attached hydrogens (tertiary/aromatic N) is 1. The van der Waals surface area contributed by atoms with Crippen LogP contribution in [-0.4, -0.2) is 46.0 Å². The van der Waals surface area contributed by atoms with Gasteiger partial charge in [-0.25, -0.2) is 4.79 Å². The van der Waals surface area contributed by atoms with Crippen LogP contribution in [-0.2, 0) is 19.0 Å². The molecule has 27 heavy (non-hydrogen) atoms. The molecule has 1 unspecified atom stereocenters. The highest BCUT2D eigenvalue weighted by Crippen LogP contribution is 2.73. The second-order valence-corrected chi connectivity index (χ2v) is 9.23. The summed E-state index contributed by atoms with van der Waals surface area (Å²) in [5, 5.41) is 10.4. The van der Waals surface area contributed by atoms with E-state index in [-0.39, 0.29) is 40.6 Å². The number of cyclic esters (lactones) is 1. The van der Waals surface area contributed by atoms with Crippen molar-refractivity contribution in [2.45, 2.75) is 76.3 Å². The molecule has 146 valence electrons. The average Bonchev–Trinajstić information content (AvgIpc) is 3.35. The van der Waals surface area contributed by atoms with Crippen LogP contribution in [0.25, 0.3) is 0 Å². The number of unbranched alkanes of at least 4 members (excludes halogenated alkanes) is 1. The lowest BCUT2D eigenvalue weighted by atomic mass is 9.69. The Bertz CT molecular complexity index is 817. The molecule has 0 aromatic heterocycles. The molecule has 1 spiro atoms. The number of esters is 1. The number of carbonyl (C=O) groups is 1. The third-order valence-corrected chi connectivity index (χ3v) is 8.35. The van der Waals surface area contributed by atoms with Gasteiger partial charge in [0, 0.05) is 17.9 Å². The molecule has 0 aliphatic carbocycles. The normalized spacial score (nSPS) is 54.1. The smallest absolute Gasteiger partial charge is 0.343 e. The Balaban J connectivity index is 1.47. The van der Waals surface area contributed by atoms with Crippen molar-refractivity contribution in [2.24, 2.45) is 17.8 Å². The van der Waals surface area contributed by atoms with Gasteiger partial charge in [-0.05, 0) is 32.7 Å². The quantitative estimate of drug-likeness (QED) is 0.767. The lowest BCUT2D eigenvalue weighted by molar-refractivity contribution is -0.256. The summed E-state index contributed by atoms with van der Waals surface area (Å²) in [4.78, 5) is 14.7. The topological polar surface area (TPSA) is 68.2 Å². The van der Waals surface area contributed by atoms with Gasteiger partial charge in [-0.1, -0.05) is 26.7 Å². The van der Waals surface area contributed by atoms with Gasteiger partial charge in [0.15, 0.2) is 5.76 Å². The summed E-state index contributed by atoms with van der Waals surface area (Å²) in [5.74, 6) is 0.280. The van der Waals surface area contributed by atoms with Crippen molar-refractivity contribution in [2.75, 3.05) is 6.54 Å². The highest BCUT2D eigenvalue weighted by atomic mass is 16.7. The number of fused-ring (bicyclic) bond motifs is 1. The van der Waals surface area contributed by atoms with E-state index in [2.05, 4.69) is 18.7 Å². The fourth-order valence-electron chi connectivity index (χ4n) is 7.40. The van der Waals surface area contributed by atoms with E-state index < -0.39 is 11.8 Å². The van der Waals surface area contributed by atoms with Crippen LogP contribution >= 0.6 is 0 Å². The van der Waals surface area contributed by atoms with Crippen LogP contribution in [0.1, 0.15) is 52.9 Å². The second kappa shape index (κ2) is 4.90. The minimum atomic E-state index is -0.612. The van der Waals surface area contributed by atoms with Crippen molar-refractivity contribution in [3.63, 3.8) is 0 Å². The maximum absolute atomic E-state index is 11.9. The molecule has 0 radical (unpaired) electrons. The zero-order valence-electron chi connectivity index (χ0n) is 16.2. The van der Waals surface area contributed by atoms with Gasteiger partial charge in [-0.2, -0.15) is 0 Å². The zero-order valence-corrected chi connectivity index (χ0v) is 16.2. The number of piperidine rings is 1. The summed E-state index contributed by atoms with van der Waals surface area (Å²) in [6.45, 7) is 7.10. The van der Waals surface area contributed by atoms with Crippen molar-refractivity contribution in [3.05, 3.63) is 22.9 Å². The molecule has 0 aromatic rings. The first-order valence-corrected chi connectivity index (χ1v) is 10.5. The molecule has 6 aliphatic heterocycles. The Hall–Kier alpha value is -1.53. The maximum Gasteiger partial charge on any atom is 0.343 e. The first-order chi connectivity index (χ1) is 13.0. The molecule has 1 N–H and O–H groups in total. The van der Waals surface area contributed by atoms with Gasteiger partial charge in [0.25, 0.3) is 0 Å². The van der Waals surface area contributed by atoms with Crippen LogP contribution in [0.3, 0.4) is 0 Å². The molecule has 0 saturated carbocycles. The Kier molecular flexibility index (Phi) is 2.98. The predicted octanol–water partition coefficient (Wildman–Crippen LogP) is 3.00. The monoisotopic (exact) mass is 373 g/mol. The van der Waals surface area contributed by atoms with Gasteiger partial charge >= 0.3 is 5.97 Å². The van der Waals surface area contributed by atoms with Crippen LogP contribution < -0.4 is 0 Å². The lowest BCUT2D eigenvalue weighted by Gasteiger charge is -2.48. The van der Waals surface area contributed by atoms with Gasteiger partial charge in [0.05, 0.1) is 23.1 Å². The minimum absolute atomic E-state index is 0.0529. The summed E-state index contributed by atoms with van der Waals surface area (Å²) in [6.07, 6.45) is 5.99. The Morgan fingerprint density at radius 3 is 2.89 bits per heavy atom. The van der Waals surface area contributed by atoms with Crippen molar-refractivity contribution in [3.8, 4) is 0 Å². The molecule has 6 heteroatoms. The molecular weight excluding hydrogens is 346 g/mol. The van der Waals surface area contributed by atoms with Crippen molar-refractivity contribution >= 4 is 5.97 Å². The number of aliphatic hydroxyl groups excluding tert-OH is 1. The summed E-state index contributed by atoms with van der Waals surface area (Å²) >= 11 is 0. The van der Waals surface area contributed by atoms with E-state index in [0.29, 0.717) is 17.7 Å². The first kappa shape index (κ1) is 16.4. The van der Waals surface area contributed by atoms with Crippen LogP contribution in [0.4, 0.5) is 0 Å². The largest absolute Gasteiger partial charge is 0.504 e. The Morgan fingerprint density at radius 2 is 2.19 bits per heavy atom. The summed E-state index contributed by atoms with van der Waals surface area (Å²) in [7, 11) is 0. The Labute approximate surface area is 159 Å². The zero-order chi connectivity index (χ0) is 18.7. The van der Waals surface area contributed by atoms with Gasteiger partial charge in [0.1, 0.15) is 5.76 Å². The molecule has 6 heterocycles. The molecule has 6 rings (SSSR count). The van der Waals surface area contributed by atoms with E-state index in [1.807, 2.05) is 0 Å². The van der Waals surface area contributed by atoms with Gasteiger partial charge in [-0.15, -0.1) is 0 Å². The van der Waals surface area contributed by atoms with Crippen molar-refractivity contribution in [1.82, 2.24) is 4.90 Å². The number of ether oxygens (including phenoxy) is 3. The van der Waals surface area contributed by atoms with Gasteiger partial charge in [-0.3, -0.25) is 4.90 Å². The molecule has 5 fully saturated rings. The molecular formula is C21H27NO5. The molecule has 6 nitrogen and oxygen atoms in total. The average molecular weight is 373 g/mol. The van der Waals surface area contributed by atoms with E-state index in [1.54, 1.807) is 6.92 Å². The standard InChI is InChI=1S/C21H27NO5/c1-4-5-7-20-13-6-8-22(20)12-9-14(20)26-21(13)15(12)10(2)17(27-21)18-16(23)11(3)19(24)25-18/h10,12-15,23H,4-9H2,1-3H3/b18-17+/t10-,12-,13+,14-,15+,20-,21+/m0/s1. The summed E-state index contributed by atoms with van der Waals surface area (Å²) in [5.41, 5.74) is 0.372. The van der Waals surface area contributed by atoms with E-state index >= 15 is 0 Å². The number of carbonyl (C=O) groups excluding carboxylic acids is 1. The lowest BCUT2D eigenvalue weighted by Crippen LogP contribution is -2.61. The van der Waals surface area contributed by atoms with Crippen LogP contribution in [0.2, 0.25) is 0 Å². The maximum atomic E-state index is 11.9. The SMILES string of the molecule is CCCC[C@@]12[C@@H]3C[C@H]4[C@H]5[C@H](C)/C(=C6\OC(=O)C(C)=C6O)O[C@]5(O3)[C@@H]1CCN42. The second-order valence-electron chi connectivity index (χ2n) is 9.23. The number of hydrogen-bond acceptors (Lipinski definition) is 6. The number of allylic oxidation sites excluding steroid dienone is 1. The van der Waals surface area contributed by atoms with Crippen LogP contribution in [0.15, 0.2) is 22.9 Å². The van der Waals surface area contributed by atoms with E-state index in [1.165, 1.54) is 19.3 Å². The van der Waals surface area contributed by atoms with E-state index in [4.69, 9.17) is 14.2 Å². The Morgan fingerprint density at radius 1 is 1.37 bits per heavy atom. The summed E-state index contributed by atoms with van der Waals surface area (Å²) in [6, 6.07) is 0.455. The van der Waals surface area contributed by atoms with Gasteiger partial charge < -0.3 is 19.3 Å². The molecule has 0 aromatic carbocycles. The molecule has 0 amide bonds. The third-order valence-electron chi connectivity index (χ3n) is 8.35. The predicted molar refractivity (Wildman–Crippen MR) is 95.3 cm³/mol. The van der Waals surface area contributed by atoms with Crippen molar-refractivity contribution < 1.29 is 24.1 Å². The molecule has 8 atom stereocenters. The minimum Gasteiger partial charge on any atom is -0.504 e. The van der Waals surface area contributed by atoms with Crippen molar-refractivity contribution in [1.29, 1.82) is 0 Å². The highest BCUT2D eigenvalue weighted by Gasteiger charge is 2.84. The highest BCUT2D eigenvalue weighted by molar-refractivity contribution is 5.93. The fraction of sp³-hybridized carbons (Fsp3) is 0.762. The number of aliphatic hydroxyl groups is 1. The summed E-state index contributed by atoms with van der Waals surface area (Å²) < 4.78 is 18.7. The molecule has 6 aliphatic rings. The van der Waals surface area contributed by atoms with Gasteiger partial charge in [0.2, 0.25) is 11.5 Å². The van der Waals surface area contributed by atoms with Crippen LogP contribution in [0, 0.1) is 17.8 Å². The fourth-order valence-corrected chi connectivity index (χ4v) is 7.40. The number of hydrogen-bond donors (Lipinski definition) is 1. The van der Waals surface area contributed by atoms with E-state index in [0.717, 1.165) is 19.4 Å².